The van der Waals surface area contributed by atoms with Crippen LogP contribution in [0.25, 0.3) is 10.8 Å². The molecular formula is C16H22N4O. The van der Waals surface area contributed by atoms with E-state index in [4.69, 9.17) is 5.84 Å². The van der Waals surface area contributed by atoms with Crippen molar-refractivity contribution in [3.63, 3.8) is 0 Å². The van der Waals surface area contributed by atoms with Gasteiger partial charge in [0.15, 0.2) is 0 Å². The molecule has 4 N–H and O–H groups in total. The molecule has 1 heterocycles. The van der Waals surface area contributed by atoms with E-state index in [0.29, 0.717) is 11.5 Å². The van der Waals surface area contributed by atoms with E-state index in [1.807, 2.05) is 24.3 Å². The van der Waals surface area contributed by atoms with Gasteiger partial charge in [-0.25, -0.2) is 10.8 Å². The summed E-state index contributed by atoms with van der Waals surface area (Å²) in [6, 6.07) is 9.69. The van der Waals surface area contributed by atoms with Gasteiger partial charge in [-0.05, 0) is 24.3 Å². The van der Waals surface area contributed by atoms with Gasteiger partial charge >= 0.3 is 0 Å². The summed E-state index contributed by atoms with van der Waals surface area (Å²) in [5.41, 5.74) is 2.95. The van der Waals surface area contributed by atoms with Crippen molar-refractivity contribution in [2.75, 3.05) is 5.43 Å². The molecule has 21 heavy (non-hydrogen) atoms. The topological polar surface area (TPSA) is 80.0 Å². The Morgan fingerprint density at radius 3 is 2.76 bits per heavy atom. The summed E-state index contributed by atoms with van der Waals surface area (Å²) in [6.07, 6.45) is 2.92. The van der Waals surface area contributed by atoms with Crippen molar-refractivity contribution in [2.24, 2.45) is 5.84 Å². The maximum Gasteiger partial charge on any atom is 0.270 e. The maximum absolute atomic E-state index is 12.4. The number of nitrogens with zero attached hydrogens (tertiary/aromatic N) is 1. The predicted molar refractivity (Wildman–Crippen MR) is 86.0 cm³/mol. The number of hydrazine groups is 1. The lowest BCUT2D eigenvalue weighted by Crippen LogP contribution is -2.34. The molecule has 0 spiro atoms. The SMILES string of the molecule is CCCC(CC)NC(=O)c1cc2ccccc2c(NN)n1. The standard InChI is InChI=1S/C16H22N4O/c1-3-7-12(4-2)18-16(21)14-10-11-8-5-6-9-13(11)15(19-14)20-17/h5-6,8-10,12H,3-4,7,17H2,1-2H3,(H,18,21)(H,19,20). The number of nitrogen functional groups attached to an aromatic ring is 1. The molecule has 5 heteroatoms. The number of hydrogen-bond acceptors (Lipinski definition) is 4. The average molecular weight is 286 g/mol. The lowest BCUT2D eigenvalue weighted by Gasteiger charge is -2.16. The fourth-order valence-corrected chi connectivity index (χ4v) is 2.41. The maximum atomic E-state index is 12.4. The van der Waals surface area contributed by atoms with Gasteiger partial charge in [-0.1, -0.05) is 44.5 Å². The van der Waals surface area contributed by atoms with Gasteiger partial charge < -0.3 is 10.7 Å². The van der Waals surface area contributed by atoms with E-state index in [0.717, 1.165) is 30.0 Å². The predicted octanol–water partition coefficient (Wildman–Crippen LogP) is 2.83. The molecular weight excluding hydrogens is 264 g/mol. The molecule has 5 nitrogen and oxygen atoms in total. The Hall–Kier alpha value is -2.14. The molecule has 0 aliphatic heterocycles. The van der Waals surface area contributed by atoms with Crippen LogP contribution in [0.4, 0.5) is 5.82 Å². The first-order valence-corrected chi connectivity index (χ1v) is 7.36. The summed E-state index contributed by atoms with van der Waals surface area (Å²) in [4.78, 5) is 16.7. The van der Waals surface area contributed by atoms with E-state index in [9.17, 15) is 4.79 Å². The van der Waals surface area contributed by atoms with Crippen LogP contribution in [-0.4, -0.2) is 16.9 Å². The Bertz CT molecular complexity index is 627. The number of pyridine rings is 1. The van der Waals surface area contributed by atoms with Gasteiger partial charge in [0.05, 0.1) is 0 Å². The highest BCUT2D eigenvalue weighted by Crippen LogP contribution is 2.21. The van der Waals surface area contributed by atoms with E-state index in [2.05, 4.69) is 29.6 Å². The molecule has 0 radical (unpaired) electrons. The number of fused-ring (bicyclic) bond motifs is 1. The van der Waals surface area contributed by atoms with Crippen LogP contribution in [0.1, 0.15) is 43.6 Å². The minimum atomic E-state index is -0.155. The van der Waals surface area contributed by atoms with Crippen molar-refractivity contribution in [3.05, 3.63) is 36.0 Å². The fourth-order valence-electron chi connectivity index (χ4n) is 2.41. The average Bonchev–Trinajstić information content (AvgIpc) is 2.53. The van der Waals surface area contributed by atoms with Gasteiger partial charge in [0.2, 0.25) is 0 Å². The molecule has 1 amide bonds. The van der Waals surface area contributed by atoms with Crippen LogP contribution in [0.5, 0.6) is 0 Å². The minimum Gasteiger partial charge on any atom is -0.348 e. The Morgan fingerprint density at radius 2 is 2.10 bits per heavy atom. The molecule has 0 aliphatic rings. The summed E-state index contributed by atoms with van der Waals surface area (Å²) in [7, 11) is 0. The summed E-state index contributed by atoms with van der Waals surface area (Å²) in [5, 5.41) is 4.87. The highest BCUT2D eigenvalue weighted by Gasteiger charge is 2.15. The van der Waals surface area contributed by atoms with Crippen molar-refractivity contribution >= 4 is 22.5 Å². The summed E-state index contributed by atoms with van der Waals surface area (Å²) in [5.74, 6) is 5.88. The van der Waals surface area contributed by atoms with E-state index in [1.54, 1.807) is 6.07 Å². The number of anilines is 1. The van der Waals surface area contributed by atoms with Crippen LogP contribution in [0.3, 0.4) is 0 Å². The normalized spacial score (nSPS) is 12.1. The van der Waals surface area contributed by atoms with Gasteiger partial charge in [0.25, 0.3) is 5.91 Å². The Kier molecular flexibility index (Phi) is 5.11. The number of carbonyl (C=O) groups excluding carboxylic acids is 1. The van der Waals surface area contributed by atoms with Crippen LogP contribution in [0.2, 0.25) is 0 Å². The highest BCUT2D eigenvalue weighted by molar-refractivity contribution is 6.00. The third-order valence-electron chi connectivity index (χ3n) is 3.57. The van der Waals surface area contributed by atoms with Crippen LogP contribution in [0.15, 0.2) is 30.3 Å². The minimum absolute atomic E-state index is 0.155. The zero-order chi connectivity index (χ0) is 15.2. The van der Waals surface area contributed by atoms with Crippen LogP contribution in [0, 0.1) is 0 Å². The summed E-state index contributed by atoms with van der Waals surface area (Å²) >= 11 is 0. The quantitative estimate of drug-likeness (QED) is 0.563. The van der Waals surface area contributed by atoms with Crippen molar-refractivity contribution in [1.82, 2.24) is 10.3 Å². The number of rotatable bonds is 6. The molecule has 2 aromatic rings. The molecule has 0 saturated carbocycles. The summed E-state index contributed by atoms with van der Waals surface area (Å²) < 4.78 is 0. The third-order valence-corrected chi connectivity index (χ3v) is 3.57. The second-order valence-electron chi connectivity index (χ2n) is 5.09. The van der Waals surface area contributed by atoms with E-state index >= 15 is 0 Å². The van der Waals surface area contributed by atoms with Crippen molar-refractivity contribution in [2.45, 2.75) is 39.2 Å². The first-order valence-electron chi connectivity index (χ1n) is 7.36. The molecule has 0 bridgehead atoms. The lowest BCUT2D eigenvalue weighted by molar-refractivity contribution is 0.0929. The van der Waals surface area contributed by atoms with Crippen molar-refractivity contribution < 1.29 is 4.79 Å². The largest absolute Gasteiger partial charge is 0.348 e. The van der Waals surface area contributed by atoms with Gasteiger partial charge in [0, 0.05) is 11.4 Å². The van der Waals surface area contributed by atoms with Crippen molar-refractivity contribution in [1.29, 1.82) is 0 Å². The van der Waals surface area contributed by atoms with E-state index < -0.39 is 0 Å². The number of nitrogens with two attached hydrogens (primary N) is 1. The van der Waals surface area contributed by atoms with Crippen LogP contribution in [-0.2, 0) is 0 Å². The van der Waals surface area contributed by atoms with Gasteiger partial charge in [-0.3, -0.25) is 4.79 Å². The number of hydrogen-bond donors (Lipinski definition) is 3. The molecule has 0 saturated heterocycles. The lowest BCUT2D eigenvalue weighted by atomic mass is 10.1. The molecule has 0 aliphatic carbocycles. The van der Waals surface area contributed by atoms with Gasteiger partial charge in [-0.2, -0.15) is 0 Å². The zero-order valence-corrected chi connectivity index (χ0v) is 12.5. The highest BCUT2D eigenvalue weighted by atomic mass is 16.1. The first-order chi connectivity index (χ1) is 10.2. The third kappa shape index (κ3) is 3.49. The number of carbonyl (C=O) groups is 1. The van der Waals surface area contributed by atoms with Crippen LogP contribution < -0.4 is 16.6 Å². The summed E-state index contributed by atoms with van der Waals surface area (Å²) in [6.45, 7) is 4.18. The second-order valence-corrected chi connectivity index (χ2v) is 5.09. The molecule has 1 aromatic heterocycles. The van der Waals surface area contributed by atoms with E-state index in [1.165, 1.54) is 0 Å². The Balaban J connectivity index is 2.31. The first kappa shape index (κ1) is 15.3. The second kappa shape index (κ2) is 7.04. The Labute approximate surface area is 124 Å². The van der Waals surface area contributed by atoms with Crippen molar-refractivity contribution in [3.8, 4) is 0 Å². The number of nitrogens with one attached hydrogen (secondary N) is 2. The van der Waals surface area contributed by atoms with Crippen LogP contribution >= 0.6 is 0 Å². The Morgan fingerprint density at radius 1 is 1.33 bits per heavy atom. The van der Waals surface area contributed by atoms with Gasteiger partial charge in [-0.15, -0.1) is 0 Å². The zero-order valence-electron chi connectivity index (χ0n) is 12.5. The smallest absolute Gasteiger partial charge is 0.270 e. The number of amides is 1. The number of benzene rings is 1. The molecule has 0 fully saturated rings. The molecule has 2 rings (SSSR count). The molecule has 112 valence electrons. The fraction of sp³-hybridized carbons (Fsp3) is 0.375. The molecule has 1 aromatic carbocycles. The van der Waals surface area contributed by atoms with E-state index in [-0.39, 0.29) is 11.9 Å². The molecule has 1 unspecified atom stereocenters. The van der Waals surface area contributed by atoms with Gasteiger partial charge in [0.1, 0.15) is 11.5 Å². The monoisotopic (exact) mass is 286 g/mol. The molecule has 1 atom stereocenters. The number of aromatic nitrogens is 1.